The van der Waals surface area contributed by atoms with Gasteiger partial charge in [-0.05, 0) is 30.7 Å². The van der Waals surface area contributed by atoms with E-state index in [0.29, 0.717) is 5.56 Å². The molecule has 0 aliphatic heterocycles. The summed E-state index contributed by atoms with van der Waals surface area (Å²) >= 11 is 0. The van der Waals surface area contributed by atoms with Crippen molar-refractivity contribution in [2.75, 3.05) is 0 Å². The number of carboxylic acid groups (broad SMARTS) is 1. The average molecular weight is 232 g/mol. The smallest absolute Gasteiger partial charge is 0.355 e. The van der Waals surface area contributed by atoms with Crippen LogP contribution in [0.5, 0.6) is 0 Å². The number of pyridine rings is 2. The maximum atomic E-state index is 13.7. The number of aryl methyl sites for hydroxylation is 1. The zero-order valence-electron chi connectivity index (χ0n) is 9.01. The molecule has 0 spiro atoms. The molecule has 4 nitrogen and oxygen atoms in total. The van der Waals surface area contributed by atoms with E-state index >= 15 is 0 Å². The van der Waals surface area contributed by atoms with Crippen LogP contribution < -0.4 is 0 Å². The number of nitrogens with zero attached hydrogens (tertiary/aromatic N) is 2. The Balaban J connectivity index is 2.64. The van der Waals surface area contributed by atoms with Crippen molar-refractivity contribution in [3.05, 3.63) is 47.7 Å². The molecule has 0 aromatic carbocycles. The first-order chi connectivity index (χ1) is 8.09. The second-order valence-corrected chi connectivity index (χ2v) is 3.55. The monoisotopic (exact) mass is 232 g/mol. The summed E-state index contributed by atoms with van der Waals surface area (Å²) in [4.78, 5) is 18.6. The van der Waals surface area contributed by atoms with Gasteiger partial charge in [0.05, 0.1) is 0 Å². The molecule has 2 rings (SSSR count). The molecule has 0 radical (unpaired) electrons. The predicted octanol–water partition coefficient (Wildman–Crippen LogP) is 2.29. The first-order valence-electron chi connectivity index (χ1n) is 4.90. The topological polar surface area (TPSA) is 63.1 Å². The van der Waals surface area contributed by atoms with E-state index < -0.39 is 11.8 Å². The van der Waals surface area contributed by atoms with Gasteiger partial charge in [0.25, 0.3) is 0 Å². The molecule has 0 aliphatic rings. The van der Waals surface area contributed by atoms with Gasteiger partial charge in [-0.2, -0.15) is 0 Å². The zero-order chi connectivity index (χ0) is 12.4. The highest BCUT2D eigenvalue weighted by Gasteiger charge is 2.16. The molecule has 0 saturated carbocycles. The minimum atomic E-state index is -1.21. The van der Waals surface area contributed by atoms with E-state index in [2.05, 4.69) is 9.97 Å². The van der Waals surface area contributed by atoms with Crippen LogP contribution in [0.1, 0.15) is 16.1 Å². The normalized spacial score (nSPS) is 10.2. The molecule has 0 unspecified atom stereocenters. The van der Waals surface area contributed by atoms with Crippen LogP contribution in [0.2, 0.25) is 0 Å². The molecule has 0 bridgehead atoms. The number of hydrogen-bond acceptors (Lipinski definition) is 3. The Kier molecular flexibility index (Phi) is 2.82. The van der Waals surface area contributed by atoms with Gasteiger partial charge in [-0.1, -0.05) is 0 Å². The summed E-state index contributed by atoms with van der Waals surface area (Å²) < 4.78 is 13.7. The number of halogens is 1. The van der Waals surface area contributed by atoms with Crippen LogP contribution in [0, 0.1) is 12.7 Å². The van der Waals surface area contributed by atoms with Gasteiger partial charge in [0.15, 0.2) is 5.69 Å². The highest BCUT2D eigenvalue weighted by Crippen LogP contribution is 2.23. The lowest BCUT2D eigenvalue weighted by molar-refractivity contribution is 0.0691. The first kappa shape index (κ1) is 11.2. The number of rotatable bonds is 2. The molecule has 0 aliphatic carbocycles. The third kappa shape index (κ3) is 2.13. The molecule has 86 valence electrons. The number of carbonyl (C=O) groups is 1. The highest BCUT2D eigenvalue weighted by molar-refractivity contribution is 5.93. The highest BCUT2D eigenvalue weighted by atomic mass is 19.1. The summed E-state index contributed by atoms with van der Waals surface area (Å²) in [5, 5.41) is 8.96. The van der Waals surface area contributed by atoms with Crippen molar-refractivity contribution in [3.8, 4) is 11.3 Å². The van der Waals surface area contributed by atoms with E-state index in [9.17, 15) is 9.18 Å². The number of aromatic carboxylic acids is 1. The molecule has 0 saturated heterocycles. The van der Waals surface area contributed by atoms with Crippen molar-refractivity contribution in [2.24, 2.45) is 0 Å². The Morgan fingerprint density at radius 1 is 1.41 bits per heavy atom. The van der Waals surface area contributed by atoms with Crippen LogP contribution in [0.15, 0.2) is 30.6 Å². The van der Waals surface area contributed by atoms with E-state index in [1.807, 2.05) is 0 Å². The molecule has 17 heavy (non-hydrogen) atoms. The molecule has 2 heterocycles. The van der Waals surface area contributed by atoms with Gasteiger partial charge in [-0.3, -0.25) is 4.98 Å². The van der Waals surface area contributed by atoms with Crippen molar-refractivity contribution in [1.29, 1.82) is 0 Å². The fourth-order valence-electron chi connectivity index (χ4n) is 1.50. The Morgan fingerprint density at radius 3 is 2.82 bits per heavy atom. The van der Waals surface area contributed by atoms with Crippen LogP contribution in [0.25, 0.3) is 11.3 Å². The lowest BCUT2D eigenvalue weighted by atomic mass is 10.1. The standard InChI is InChI=1S/C12H9FN2O2/c1-7-5-9(13)10(15-6-7)8-3-2-4-14-11(8)12(16)17/h2-6H,1H3,(H,16,17). The van der Waals surface area contributed by atoms with Crippen LogP contribution in [0.4, 0.5) is 4.39 Å². The Bertz CT molecular complexity index is 584. The van der Waals surface area contributed by atoms with Gasteiger partial charge in [0.2, 0.25) is 0 Å². The van der Waals surface area contributed by atoms with E-state index in [1.165, 1.54) is 24.5 Å². The molecule has 0 fully saturated rings. The molecule has 5 heteroatoms. The molecule has 2 aromatic heterocycles. The predicted molar refractivity (Wildman–Crippen MR) is 59.1 cm³/mol. The quantitative estimate of drug-likeness (QED) is 0.862. The first-order valence-corrected chi connectivity index (χ1v) is 4.90. The van der Waals surface area contributed by atoms with Gasteiger partial charge in [0.1, 0.15) is 11.5 Å². The molecule has 0 amide bonds. The van der Waals surface area contributed by atoms with E-state index in [4.69, 9.17) is 5.11 Å². The Hall–Kier alpha value is -2.30. The molecule has 1 N–H and O–H groups in total. The van der Waals surface area contributed by atoms with E-state index in [1.54, 1.807) is 13.0 Å². The molecule has 2 aromatic rings. The third-order valence-corrected chi connectivity index (χ3v) is 2.24. The van der Waals surface area contributed by atoms with Crippen molar-refractivity contribution in [3.63, 3.8) is 0 Å². The fraction of sp³-hybridized carbons (Fsp3) is 0.0833. The van der Waals surface area contributed by atoms with Crippen LogP contribution in [0.3, 0.4) is 0 Å². The summed E-state index contributed by atoms with van der Waals surface area (Å²) in [5.74, 6) is -1.76. The lowest BCUT2D eigenvalue weighted by Gasteiger charge is -2.05. The van der Waals surface area contributed by atoms with Crippen LogP contribution in [-0.4, -0.2) is 21.0 Å². The summed E-state index contributed by atoms with van der Waals surface area (Å²) in [5.41, 5.74) is 0.647. The SMILES string of the molecule is Cc1cnc(-c2cccnc2C(=O)O)c(F)c1. The maximum absolute atomic E-state index is 13.7. The Labute approximate surface area is 96.8 Å². The molecular formula is C12H9FN2O2. The fourth-order valence-corrected chi connectivity index (χ4v) is 1.50. The van der Waals surface area contributed by atoms with E-state index in [0.717, 1.165) is 0 Å². The lowest BCUT2D eigenvalue weighted by Crippen LogP contribution is -2.04. The summed E-state index contributed by atoms with van der Waals surface area (Å²) in [6, 6.07) is 4.33. The molecular weight excluding hydrogens is 223 g/mol. The van der Waals surface area contributed by atoms with Crippen LogP contribution >= 0.6 is 0 Å². The summed E-state index contributed by atoms with van der Waals surface area (Å²) in [7, 11) is 0. The van der Waals surface area contributed by atoms with Crippen molar-refractivity contribution >= 4 is 5.97 Å². The summed E-state index contributed by atoms with van der Waals surface area (Å²) in [6.07, 6.45) is 2.83. The van der Waals surface area contributed by atoms with Crippen molar-refractivity contribution < 1.29 is 14.3 Å². The zero-order valence-corrected chi connectivity index (χ0v) is 9.01. The van der Waals surface area contributed by atoms with Gasteiger partial charge in [0, 0.05) is 18.0 Å². The maximum Gasteiger partial charge on any atom is 0.355 e. The largest absolute Gasteiger partial charge is 0.476 e. The number of hydrogen-bond donors (Lipinski definition) is 1. The van der Waals surface area contributed by atoms with Gasteiger partial charge in [-0.25, -0.2) is 14.2 Å². The van der Waals surface area contributed by atoms with Gasteiger partial charge in [-0.15, -0.1) is 0 Å². The second-order valence-electron chi connectivity index (χ2n) is 3.55. The van der Waals surface area contributed by atoms with Gasteiger partial charge < -0.3 is 5.11 Å². The van der Waals surface area contributed by atoms with Crippen LogP contribution in [-0.2, 0) is 0 Å². The number of aromatic nitrogens is 2. The molecule has 0 atom stereocenters. The minimum Gasteiger partial charge on any atom is -0.476 e. The summed E-state index contributed by atoms with van der Waals surface area (Å²) in [6.45, 7) is 1.71. The third-order valence-electron chi connectivity index (χ3n) is 2.24. The number of carboxylic acids is 1. The van der Waals surface area contributed by atoms with E-state index in [-0.39, 0.29) is 17.0 Å². The van der Waals surface area contributed by atoms with Crippen molar-refractivity contribution in [1.82, 2.24) is 9.97 Å². The second kappa shape index (κ2) is 4.29. The van der Waals surface area contributed by atoms with Gasteiger partial charge >= 0.3 is 5.97 Å². The van der Waals surface area contributed by atoms with Crippen molar-refractivity contribution in [2.45, 2.75) is 6.92 Å². The Morgan fingerprint density at radius 2 is 2.18 bits per heavy atom. The minimum absolute atomic E-state index is 0.00102. The average Bonchev–Trinajstić information content (AvgIpc) is 2.29.